The summed E-state index contributed by atoms with van der Waals surface area (Å²) in [6.07, 6.45) is 0.755. The van der Waals surface area contributed by atoms with Crippen molar-refractivity contribution < 1.29 is 44.1 Å². The topological polar surface area (TPSA) is 265 Å². The van der Waals surface area contributed by atoms with Crippen LogP contribution in [0.15, 0.2) is 60.8 Å². The van der Waals surface area contributed by atoms with E-state index in [1.165, 1.54) is 6.92 Å². The third-order valence-corrected chi connectivity index (χ3v) is 8.46. The molecule has 0 saturated heterocycles. The second kappa shape index (κ2) is 19.2. The lowest BCUT2D eigenvalue weighted by Gasteiger charge is -2.26. The Hall–Kier alpha value is -5.32. The second-order valence-electron chi connectivity index (χ2n) is 12.4. The maximum Gasteiger partial charge on any atom is 0.328 e. The fourth-order valence-corrected chi connectivity index (χ4v) is 5.27. The first-order valence-corrected chi connectivity index (χ1v) is 16.6. The number of H-pyrrole nitrogens is 1. The fraction of sp³-hybridized carbons (Fsp3) is 0.429. The summed E-state index contributed by atoms with van der Waals surface area (Å²) in [5.41, 5.74) is 7.91. The first-order valence-electron chi connectivity index (χ1n) is 16.6. The van der Waals surface area contributed by atoms with Crippen LogP contribution in [0.1, 0.15) is 38.3 Å². The van der Waals surface area contributed by atoms with Gasteiger partial charge in [0.1, 0.15) is 24.2 Å². The number of aromatic nitrogens is 1. The van der Waals surface area contributed by atoms with E-state index in [0.29, 0.717) is 17.5 Å². The van der Waals surface area contributed by atoms with E-state index in [2.05, 4.69) is 31.6 Å². The van der Waals surface area contributed by atoms with Crippen LogP contribution in [0.3, 0.4) is 0 Å². The van der Waals surface area contributed by atoms with Gasteiger partial charge in [0.25, 0.3) is 0 Å². The molecule has 0 spiro atoms. The van der Waals surface area contributed by atoms with E-state index >= 15 is 0 Å². The lowest BCUT2D eigenvalue weighted by molar-refractivity contribution is -0.145. The Bertz CT molecular complexity index is 1660. The standard InChI is InChI=1S/C35H47N7O9/c1-4-19(2)29(34(49)42-30(20(3)44)35(50)51)41-28(45)17-38-32(47)26(14-21-10-6-5-7-11-21)40-33(48)27(39-31(46)24(36)18-43)15-22-16-37-25-13-9-8-12-23(22)25/h5-13,16,19-20,24,26-27,29-30,37,43-44H,4,14-15,17-18,36H2,1-3H3,(H,38,47)(H,39,46)(H,40,48)(H,41,45)(H,42,49)(H,50,51)/t19-,20+,24-,26-,27-,29-,30-/m0/s1. The van der Waals surface area contributed by atoms with Gasteiger partial charge in [-0.25, -0.2) is 4.79 Å². The minimum atomic E-state index is -1.60. The summed E-state index contributed by atoms with van der Waals surface area (Å²) in [6, 6.07) is 9.62. The summed E-state index contributed by atoms with van der Waals surface area (Å²) in [5, 5.41) is 41.9. The van der Waals surface area contributed by atoms with E-state index in [1.54, 1.807) is 50.4 Å². The van der Waals surface area contributed by atoms with Crippen molar-refractivity contribution in [2.24, 2.45) is 11.7 Å². The van der Waals surface area contributed by atoms with Crippen molar-refractivity contribution in [1.29, 1.82) is 0 Å². The van der Waals surface area contributed by atoms with Gasteiger partial charge in [0.2, 0.25) is 29.5 Å². The fourth-order valence-electron chi connectivity index (χ4n) is 5.27. The van der Waals surface area contributed by atoms with Crippen molar-refractivity contribution in [1.82, 2.24) is 31.6 Å². The normalized spacial score (nSPS) is 15.3. The molecule has 1 aromatic heterocycles. The molecule has 2 aromatic carbocycles. The van der Waals surface area contributed by atoms with Gasteiger partial charge in [-0.3, -0.25) is 24.0 Å². The van der Waals surface area contributed by atoms with Crippen molar-refractivity contribution in [2.45, 2.75) is 76.3 Å². The van der Waals surface area contributed by atoms with Gasteiger partial charge in [0.05, 0.1) is 19.3 Å². The monoisotopic (exact) mass is 709 g/mol. The lowest BCUT2D eigenvalue weighted by atomic mass is 9.97. The maximum absolute atomic E-state index is 13.8. The highest BCUT2D eigenvalue weighted by Gasteiger charge is 2.33. The number of rotatable bonds is 19. The van der Waals surface area contributed by atoms with Crippen LogP contribution in [0.5, 0.6) is 0 Å². The van der Waals surface area contributed by atoms with E-state index in [9.17, 15) is 44.1 Å². The first-order chi connectivity index (χ1) is 24.2. The van der Waals surface area contributed by atoms with Gasteiger partial charge in [-0.15, -0.1) is 0 Å². The van der Waals surface area contributed by atoms with Crippen molar-refractivity contribution in [2.75, 3.05) is 13.2 Å². The highest BCUT2D eigenvalue weighted by Crippen LogP contribution is 2.19. The summed E-state index contributed by atoms with van der Waals surface area (Å²) in [4.78, 5) is 80.7. The number of carboxylic acid groups (broad SMARTS) is 1. The molecule has 0 aliphatic heterocycles. The average Bonchev–Trinajstić information content (AvgIpc) is 3.52. The van der Waals surface area contributed by atoms with E-state index in [0.717, 1.165) is 10.9 Å². The molecule has 3 aromatic rings. The van der Waals surface area contributed by atoms with Gasteiger partial charge in [-0.1, -0.05) is 68.8 Å². The van der Waals surface area contributed by atoms with Crippen molar-refractivity contribution in [3.05, 3.63) is 71.9 Å². The lowest BCUT2D eigenvalue weighted by Crippen LogP contribution is -2.59. The summed E-state index contributed by atoms with van der Waals surface area (Å²) in [7, 11) is 0. The Labute approximate surface area is 294 Å². The number of carbonyl (C=O) groups excluding carboxylic acids is 5. The van der Waals surface area contributed by atoms with Crippen LogP contribution in [0, 0.1) is 5.92 Å². The average molecular weight is 710 g/mol. The molecule has 0 saturated carbocycles. The third kappa shape index (κ3) is 11.6. The molecule has 276 valence electrons. The molecule has 0 aliphatic rings. The number of hydrogen-bond acceptors (Lipinski definition) is 9. The third-order valence-electron chi connectivity index (χ3n) is 8.46. The molecule has 3 rings (SSSR count). The van der Waals surface area contributed by atoms with Crippen molar-refractivity contribution in [3.8, 4) is 0 Å². The molecule has 0 fully saturated rings. The molecule has 51 heavy (non-hydrogen) atoms. The Balaban J connectivity index is 1.79. The zero-order valence-corrected chi connectivity index (χ0v) is 28.7. The predicted octanol–water partition coefficient (Wildman–Crippen LogP) is -1.16. The Kier molecular flexibility index (Phi) is 15.1. The number of amides is 5. The summed E-state index contributed by atoms with van der Waals surface area (Å²) in [6.45, 7) is 3.39. The number of aliphatic hydroxyl groups is 2. The maximum atomic E-state index is 13.8. The molecule has 16 nitrogen and oxygen atoms in total. The molecule has 16 heteroatoms. The largest absolute Gasteiger partial charge is 0.480 e. The molecular weight excluding hydrogens is 662 g/mol. The first kappa shape index (κ1) is 40.1. The van der Waals surface area contributed by atoms with Crippen LogP contribution in [-0.4, -0.2) is 105 Å². The molecule has 5 amide bonds. The van der Waals surface area contributed by atoms with Gasteiger partial charge >= 0.3 is 5.97 Å². The summed E-state index contributed by atoms with van der Waals surface area (Å²) < 4.78 is 0. The number of nitrogens with one attached hydrogen (secondary N) is 6. The van der Waals surface area contributed by atoms with Gasteiger partial charge < -0.3 is 52.6 Å². The molecule has 0 bridgehead atoms. The van der Waals surface area contributed by atoms with Gasteiger partial charge in [0, 0.05) is 29.9 Å². The van der Waals surface area contributed by atoms with Crippen LogP contribution in [-0.2, 0) is 41.6 Å². The number of aliphatic carboxylic acids is 1. The quantitative estimate of drug-likeness (QED) is 0.0714. The number of aromatic amines is 1. The van der Waals surface area contributed by atoms with E-state index in [4.69, 9.17) is 5.73 Å². The van der Waals surface area contributed by atoms with Crippen molar-refractivity contribution in [3.63, 3.8) is 0 Å². The highest BCUT2D eigenvalue weighted by atomic mass is 16.4. The Morgan fingerprint density at radius 2 is 1.41 bits per heavy atom. The van der Waals surface area contributed by atoms with Gasteiger partial charge in [-0.2, -0.15) is 0 Å². The number of carboxylic acids is 1. The molecular formula is C35H47N7O9. The zero-order valence-electron chi connectivity index (χ0n) is 28.7. The van der Waals surface area contributed by atoms with Crippen LogP contribution >= 0.6 is 0 Å². The van der Waals surface area contributed by atoms with Gasteiger partial charge in [0.15, 0.2) is 6.04 Å². The number of benzene rings is 2. The summed E-state index contributed by atoms with van der Waals surface area (Å²) >= 11 is 0. The van der Waals surface area contributed by atoms with Crippen LogP contribution in [0.2, 0.25) is 0 Å². The molecule has 7 atom stereocenters. The number of aliphatic hydroxyl groups excluding tert-OH is 2. The number of carbonyl (C=O) groups is 6. The zero-order chi connectivity index (χ0) is 37.7. The molecule has 11 N–H and O–H groups in total. The van der Waals surface area contributed by atoms with Crippen molar-refractivity contribution >= 4 is 46.4 Å². The minimum Gasteiger partial charge on any atom is -0.480 e. The number of nitrogens with two attached hydrogens (primary N) is 1. The predicted molar refractivity (Wildman–Crippen MR) is 187 cm³/mol. The van der Waals surface area contributed by atoms with E-state index in [-0.39, 0.29) is 12.8 Å². The van der Waals surface area contributed by atoms with E-state index < -0.39 is 90.9 Å². The van der Waals surface area contributed by atoms with Crippen LogP contribution in [0.25, 0.3) is 10.9 Å². The van der Waals surface area contributed by atoms with E-state index in [1.807, 2.05) is 24.3 Å². The highest BCUT2D eigenvalue weighted by molar-refractivity contribution is 5.96. The molecule has 1 heterocycles. The second-order valence-corrected chi connectivity index (χ2v) is 12.4. The smallest absolute Gasteiger partial charge is 0.328 e. The number of fused-ring (bicyclic) bond motifs is 1. The minimum absolute atomic E-state index is 0.0117. The molecule has 0 radical (unpaired) electrons. The van der Waals surface area contributed by atoms with Gasteiger partial charge in [-0.05, 0) is 30.0 Å². The Morgan fingerprint density at radius 3 is 2.04 bits per heavy atom. The molecule has 0 aliphatic carbocycles. The summed E-state index contributed by atoms with van der Waals surface area (Å²) in [5.74, 6) is -5.72. The number of para-hydroxylation sites is 1. The van der Waals surface area contributed by atoms with Crippen LogP contribution < -0.4 is 32.3 Å². The molecule has 0 unspecified atom stereocenters. The van der Waals surface area contributed by atoms with Crippen LogP contribution in [0.4, 0.5) is 0 Å². The Morgan fingerprint density at radius 1 is 0.784 bits per heavy atom. The SMILES string of the molecule is CC[C@H](C)[C@H](NC(=O)CNC(=O)[C@H](Cc1ccccc1)NC(=O)[C@H](Cc1c[nH]c2ccccc12)NC(=O)[C@@H](N)CO)C(=O)N[C@H](C(=O)O)[C@@H](C)O. The number of hydrogen-bond donors (Lipinski definition) is 10.